The summed E-state index contributed by atoms with van der Waals surface area (Å²) in [6.45, 7) is 4.32. The van der Waals surface area contributed by atoms with Gasteiger partial charge < -0.3 is 9.84 Å². The van der Waals surface area contributed by atoms with E-state index >= 15 is 0 Å². The number of hydrogen-bond donors (Lipinski definition) is 1. The third kappa shape index (κ3) is 3.11. The lowest BCUT2D eigenvalue weighted by atomic mass is 10.1. The van der Waals surface area contributed by atoms with Crippen molar-refractivity contribution in [1.29, 1.82) is 0 Å². The molecule has 0 saturated heterocycles. The van der Waals surface area contributed by atoms with Gasteiger partial charge in [-0.05, 0) is 25.5 Å². The minimum atomic E-state index is -0.515. The summed E-state index contributed by atoms with van der Waals surface area (Å²) in [6.07, 6.45) is -0.515. The highest BCUT2D eigenvalue weighted by Gasteiger charge is 2.07. The molecule has 2 nitrogen and oxygen atoms in total. The fraction of sp³-hybridized carbons (Fsp3) is 0.250. The van der Waals surface area contributed by atoms with E-state index in [2.05, 4.69) is 31.2 Å². The molecule has 0 unspecified atom stereocenters. The SMILES string of the molecule is Cc1ccc(COc2ccccc2[C@H](C)O)cc1. The van der Waals surface area contributed by atoms with Gasteiger partial charge in [-0.1, -0.05) is 48.0 Å². The molecule has 0 aliphatic carbocycles. The Bertz CT molecular complexity index is 501. The van der Waals surface area contributed by atoms with Crippen LogP contribution >= 0.6 is 0 Å². The Hall–Kier alpha value is -1.80. The van der Waals surface area contributed by atoms with Crippen molar-refractivity contribution in [2.24, 2.45) is 0 Å². The summed E-state index contributed by atoms with van der Waals surface area (Å²) in [6, 6.07) is 15.8. The summed E-state index contributed by atoms with van der Waals surface area (Å²) in [5.74, 6) is 0.744. The molecule has 0 fully saturated rings. The lowest BCUT2D eigenvalue weighted by Crippen LogP contribution is -2.00. The predicted octanol–water partition coefficient (Wildman–Crippen LogP) is 3.63. The average molecular weight is 242 g/mol. The van der Waals surface area contributed by atoms with E-state index in [1.807, 2.05) is 24.3 Å². The number of benzene rings is 2. The number of aliphatic hydroxyl groups is 1. The predicted molar refractivity (Wildman–Crippen MR) is 72.6 cm³/mol. The van der Waals surface area contributed by atoms with Gasteiger partial charge in [0.05, 0.1) is 6.10 Å². The molecule has 2 aromatic rings. The van der Waals surface area contributed by atoms with Gasteiger partial charge in [0, 0.05) is 5.56 Å². The zero-order valence-corrected chi connectivity index (χ0v) is 10.8. The molecule has 0 amide bonds. The third-order valence-corrected chi connectivity index (χ3v) is 2.88. The first kappa shape index (κ1) is 12.7. The quantitative estimate of drug-likeness (QED) is 0.887. The lowest BCUT2D eigenvalue weighted by Gasteiger charge is -2.13. The number of ether oxygens (including phenoxy) is 1. The summed E-state index contributed by atoms with van der Waals surface area (Å²) < 4.78 is 5.76. The molecule has 0 spiro atoms. The van der Waals surface area contributed by atoms with Crippen LogP contribution < -0.4 is 4.74 Å². The molecule has 0 aliphatic rings. The molecule has 0 radical (unpaired) electrons. The molecule has 0 heterocycles. The van der Waals surface area contributed by atoms with Gasteiger partial charge >= 0.3 is 0 Å². The Labute approximate surface area is 108 Å². The monoisotopic (exact) mass is 242 g/mol. The van der Waals surface area contributed by atoms with Crippen molar-refractivity contribution in [2.75, 3.05) is 0 Å². The highest BCUT2D eigenvalue weighted by molar-refractivity contribution is 5.35. The Morgan fingerprint density at radius 3 is 2.39 bits per heavy atom. The van der Waals surface area contributed by atoms with E-state index in [4.69, 9.17) is 4.74 Å². The molecule has 0 bridgehead atoms. The van der Waals surface area contributed by atoms with E-state index < -0.39 is 6.10 Å². The highest BCUT2D eigenvalue weighted by atomic mass is 16.5. The van der Waals surface area contributed by atoms with Crippen molar-refractivity contribution >= 4 is 0 Å². The number of hydrogen-bond acceptors (Lipinski definition) is 2. The Morgan fingerprint density at radius 1 is 1.06 bits per heavy atom. The fourth-order valence-electron chi connectivity index (χ4n) is 1.80. The molecular weight excluding hydrogens is 224 g/mol. The lowest BCUT2D eigenvalue weighted by molar-refractivity contribution is 0.190. The third-order valence-electron chi connectivity index (χ3n) is 2.88. The summed E-state index contributed by atoms with van der Waals surface area (Å²) in [5, 5.41) is 9.66. The number of para-hydroxylation sites is 1. The number of rotatable bonds is 4. The molecule has 2 aromatic carbocycles. The zero-order valence-electron chi connectivity index (χ0n) is 10.8. The highest BCUT2D eigenvalue weighted by Crippen LogP contribution is 2.25. The van der Waals surface area contributed by atoms with E-state index in [0.29, 0.717) is 6.61 Å². The van der Waals surface area contributed by atoms with Crippen LogP contribution in [0.5, 0.6) is 5.75 Å². The van der Waals surface area contributed by atoms with E-state index in [0.717, 1.165) is 16.9 Å². The van der Waals surface area contributed by atoms with Gasteiger partial charge in [0.2, 0.25) is 0 Å². The molecule has 18 heavy (non-hydrogen) atoms. The van der Waals surface area contributed by atoms with Crippen molar-refractivity contribution in [3.05, 3.63) is 65.2 Å². The molecular formula is C16H18O2. The van der Waals surface area contributed by atoms with Gasteiger partial charge in [0.25, 0.3) is 0 Å². The maximum atomic E-state index is 9.66. The van der Waals surface area contributed by atoms with Crippen LogP contribution in [0.15, 0.2) is 48.5 Å². The Balaban J connectivity index is 2.08. The Morgan fingerprint density at radius 2 is 1.72 bits per heavy atom. The molecule has 0 aromatic heterocycles. The van der Waals surface area contributed by atoms with Crippen LogP contribution in [0.25, 0.3) is 0 Å². The van der Waals surface area contributed by atoms with Crippen LogP contribution in [0.1, 0.15) is 29.7 Å². The standard InChI is InChI=1S/C16H18O2/c1-12-7-9-14(10-8-12)11-18-16-6-4-3-5-15(16)13(2)17/h3-10,13,17H,11H2,1-2H3/t13-/m0/s1. The van der Waals surface area contributed by atoms with Crippen molar-refractivity contribution in [2.45, 2.75) is 26.6 Å². The minimum absolute atomic E-state index is 0.515. The smallest absolute Gasteiger partial charge is 0.125 e. The summed E-state index contributed by atoms with van der Waals surface area (Å²) in [4.78, 5) is 0. The van der Waals surface area contributed by atoms with Crippen molar-refractivity contribution in [3.63, 3.8) is 0 Å². The molecule has 0 aliphatic heterocycles. The largest absolute Gasteiger partial charge is 0.489 e. The van der Waals surface area contributed by atoms with Crippen LogP contribution in [-0.4, -0.2) is 5.11 Å². The van der Waals surface area contributed by atoms with Gasteiger partial charge in [-0.2, -0.15) is 0 Å². The van der Waals surface area contributed by atoms with Crippen molar-refractivity contribution < 1.29 is 9.84 Å². The second-order valence-electron chi connectivity index (χ2n) is 4.49. The molecule has 2 rings (SSSR count). The molecule has 1 atom stereocenters. The fourth-order valence-corrected chi connectivity index (χ4v) is 1.80. The topological polar surface area (TPSA) is 29.5 Å². The van der Waals surface area contributed by atoms with Crippen molar-refractivity contribution in [3.8, 4) is 5.75 Å². The average Bonchev–Trinajstić information content (AvgIpc) is 2.38. The molecule has 94 valence electrons. The molecule has 1 N–H and O–H groups in total. The summed E-state index contributed by atoms with van der Waals surface area (Å²) in [5.41, 5.74) is 3.19. The van der Waals surface area contributed by atoms with E-state index in [9.17, 15) is 5.11 Å². The van der Waals surface area contributed by atoms with Crippen LogP contribution in [0.2, 0.25) is 0 Å². The van der Waals surface area contributed by atoms with Gasteiger partial charge in [-0.3, -0.25) is 0 Å². The zero-order chi connectivity index (χ0) is 13.0. The van der Waals surface area contributed by atoms with Gasteiger partial charge in [0.15, 0.2) is 0 Å². The minimum Gasteiger partial charge on any atom is -0.489 e. The first-order valence-corrected chi connectivity index (χ1v) is 6.12. The van der Waals surface area contributed by atoms with Crippen LogP contribution in [0, 0.1) is 6.92 Å². The number of aliphatic hydroxyl groups excluding tert-OH is 1. The molecule has 0 saturated carbocycles. The maximum Gasteiger partial charge on any atom is 0.125 e. The number of aryl methyl sites for hydroxylation is 1. The maximum absolute atomic E-state index is 9.66. The second-order valence-corrected chi connectivity index (χ2v) is 4.49. The summed E-state index contributed by atoms with van der Waals surface area (Å²) in [7, 11) is 0. The van der Waals surface area contributed by atoms with Gasteiger partial charge in [-0.15, -0.1) is 0 Å². The van der Waals surface area contributed by atoms with E-state index in [1.165, 1.54) is 5.56 Å². The normalized spacial score (nSPS) is 12.2. The van der Waals surface area contributed by atoms with Gasteiger partial charge in [-0.25, -0.2) is 0 Å². The van der Waals surface area contributed by atoms with E-state index in [-0.39, 0.29) is 0 Å². The van der Waals surface area contributed by atoms with Crippen molar-refractivity contribution in [1.82, 2.24) is 0 Å². The van der Waals surface area contributed by atoms with Crippen LogP contribution in [0.3, 0.4) is 0 Å². The first-order chi connectivity index (χ1) is 8.66. The van der Waals surface area contributed by atoms with Crippen LogP contribution in [0.4, 0.5) is 0 Å². The first-order valence-electron chi connectivity index (χ1n) is 6.12. The van der Waals surface area contributed by atoms with Gasteiger partial charge in [0.1, 0.15) is 12.4 Å². The Kier molecular flexibility index (Phi) is 4.00. The van der Waals surface area contributed by atoms with E-state index in [1.54, 1.807) is 6.92 Å². The molecule has 2 heteroatoms. The second kappa shape index (κ2) is 5.69. The summed E-state index contributed by atoms with van der Waals surface area (Å²) >= 11 is 0. The van der Waals surface area contributed by atoms with Crippen LogP contribution in [-0.2, 0) is 6.61 Å².